The van der Waals surface area contributed by atoms with E-state index in [0.29, 0.717) is 18.2 Å². The molecule has 1 atom stereocenters. The van der Waals surface area contributed by atoms with Crippen molar-refractivity contribution in [2.45, 2.75) is 47.1 Å². The highest BCUT2D eigenvalue weighted by atomic mass is 16.5. The molecular weight excluding hydrogens is 276 g/mol. The molecule has 1 aromatic rings. The molecule has 0 fully saturated rings. The summed E-state index contributed by atoms with van der Waals surface area (Å²) in [7, 11) is 2.03. The van der Waals surface area contributed by atoms with Gasteiger partial charge in [-0.15, -0.1) is 0 Å². The van der Waals surface area contributed by atoms with Gasteiger partial charge in [0.15, 0.2) is 0 Å². The van der Waals surface area contributed by atoms with Crippen molar-refractivity contribution in [3.05, 3.63) is 41.6 Å². The second-order valence-corrected chi connectivity index (χ2v) is 5.43. The minimum absolute atomic E-state index is 0.275. The standard InChI is InChI=1S/C15H20N2O2.C3H8/c1-5-19-15(18)13-7-6-11(2)14(10-13)17-9-8-12(3)16(17)4;1-3-2/h6-10,12H,5H2,1-4H3;3H2,1-2H3. The molecule has 1 aromatic carbocycles. The molecule has 0 bridgehead atoms. The zero-order valence-corrected chi connectivity index (χ0v) is 14.6. The Morgan fingerprint density at radius 3 is 2.41 bits per heavy atom. The first-order valence-corrected chi connectivity index (χ1v) is 7.94. The average Bonchev–Trinajstić information content (AvgIpc) is 2.81. The van der Waals surface area contributed by atoms with E-state index < -0.39 is 0 Å². The Morgan fingerprint density at radius 1 is 1.27 bits per heavy atom. The number of carbonyl (C=O) groups excluding carboxylic acids is 1. The summed E-state index contributed by atoms with van der Waals surface area (Å²) in [5.41, 5.74) is 2.72. The fourth-order valence-electron chi connectivity index (χ4n) is 2.08. The van der Waals surface area contributed by atoms with Crippen LogP contribution in [0.1, 0.15) is 50.0 Å². The number of rotatable bonds is 3. The van der Waals surface area contributed by atoms with Crippen LogP contribution in [0.2, 0.25) is 0 Å². The van der Waals surface area contributed by atoms with E-state index in [1.165, 1.54) is 6.42 Å². The van der Waals surface area contributed by atoms with Gasteiger partial charge in [-0.1, -0.05) is 26.3 Å². The monoisotopic (exact) mass is 304 g/mol. The van der Waals surface area contributed by atoms with Crippen molar-refractivity contribution in [2.24, 2.45) is 0 Å². The number of anilines is 1. The largest absolute Gasteiger partial charge is 0.462 e. The minimum atomic E-state index is -0.275. The average molecular weight is 304 g/mol. The first kappa shape index (κ1) is 18.2. The number of carbonyl (C=O) groups is 1. The molecule has 0 amide bonds. The normalized spacial score (nSPS) is 17.2. The number of likely N-dealkylation sites (N-methyl/N-ethyl adjacent to an activating group) is 1. The third-order valence-corrected chi connectivity index (χ3v) is 3.40. The summed E-state index contributed by atoms with van der Waals surface area (Å²) in [6.07, 6.45) is 5.40. The van der Waals surface area contributed by atoms with E-state index in [1.54, 1.807) is 6.07 Å². The third kappa shape index (κ3) is 4.34. The lowest BCUT2D eigenvalue weighted by Gasteiger charge is -2.29. The summed E-state index contributed by atoms with van der Waals surface area (Å²) in [6, 6.07) is 5.99. The zero-order valence-electron chi connectivity index (χ0n) is 14.6. The SMILES string of the molecule is CCC.CCOC(=O)c1ccc(C)c(N2C=CC(C)N2C)c1. The molecule has 0 N–H and O–H groups in total. The fraction of sp³-hybridized carbons (Fsp3) is 0.500. The maximum absolute atomic E-state index is 11.8. The fourth-order valence-corrected chi connectivity index (χ4v) is 2.08. The van der Waals surface area contributed by atoms with Gasteiger partial charge in [-0.3, -0.25) is 5.01 Å². The van der Waals surface area contributed by atoms with E-state index in [4.69, 9.17) is 4.74 Å². The number of hydrogen-bond acceptors (Lipinski definition) is 4. The van der Waals surface area contributed by atoms with Crippen LogP contribution in [0.4, 0.5) is 5.69 Å². The van der Waals surface area contributed by atoms with Crippen LogP contribution in [0.15, 0.2) is 30.5 Å². The highest BCUT2D eigenvalue weighted by Gasteiger charge is 2.22. The smallest absolute Gasteiger partial charge is 0.338 e. The van der Waals surface area contributed by atoms with Crippen molar-refractivity contribution >= 4 is 11.7 Å². The van der Waals surface area contributed by atoms with Gasteiger partial charge in [0.1, 0.15) is 0 Å². The van der Waals surface area contributed by atoms with E-state index in [0.717, 1.165) is 11.3 Å². The first-order valence-electron chi connectivity index (χ1n) is 7.94. The summed E-state index contributed by atoms with van der Waals surface area (Å²) >= 11 is 0. The molecule has 1 unspecified atom stereocenters. The van der Waals surface area contributed by atoms with Crippen LogP contribution in [0.25, 0.3) is 0 Å². The molecule has 4 nitrogen and oxygen atoms in total. The van der Waals surface area contributed by atoms with Crippen LogP contribution in [0.3, 0.4) is 0 Å². The van der Waals surface area contributed by atoms with E-state index in [-0.39, 0.29) is 5.97 Å². The lowest BCUT2D eigenvalue weighted by Crippen LogP contribution is -2.36. The first-order chi connectivity index (χ1) is 10.5. The Morgan fingerprint density at radius 2 is 1.91 bits per heavy atom. The molecule has 4 heteroatoms. The van der Waals surface area contributed by atoms with E-state index in [1.807, 2.05) is 39.2 Å². The second kappa shape index (κ2) is 8.59. The quantitative estimate of drug-likeness (QED) is 0.785. The van der Waals surface area contributed by atoms with E-state index in [9.17, 15) is 4.79 Å². The zero-order chi connectivity index (χ0) is 16.7. The van der Waals surface area contributed by atoms with Gasteiger partial charge in [0.2, 0.25) is 0 Å². The molecule has 0 saturated carbocycles. The molecule has 1 aliphatic heterocycles. The van der Waals surface area contributed by atoms with Crippen LogP contribution in [-0.4, -0.2) is 30.7 Å². The van der Waals surface area contributed by atoms with Crippen LogP contribution < -0.4 is 5.01 Å². The van der Waals surface area contributed by atoms with Crippen LogP contribution >= 0.6 is 0 Å². The number of ether oxygens (including phenoxy) is 1. The topological polar surface area (TPSA) is 32.8 Å². The van der Waals surface area contributed by atoms with Crippen molar-refractivity contribution in [2.75, 3.05) is 18.7 Å². The summed E-state index contributed by atoms with van der Waals surface area (Å²) in [4.78, 5) is 11.8. The molecule has 1 aliphatic rings. The lowest BCUT2D eigenvalue weighted by atomic mass is 10.1. The van der Waals surface area contributed by atoms with Gasteiger partial charge in [-0.2, -0.15) is 0 Å². The predicted octanol–water partition coefficient (Wildman–Crippen LogP) is 4.16. The van der Waals surface area contributed by atoms with Crippen molar-refractivity contribution in [3.63, 3.8) is 0 Å². The number of aryl methyl sites for hydroxylation is 1. The molecule has 1 heterocycles. The second-order valence-electron chi connectivity index (χ2n) is 5.43. The number of benzene rings is 1. The molecule has 0 radical (unpaired) electrons. The minimum Gasteiger partial charge on any atom is -0.462 e. The van der Waals surface area contributed by atoms with Gasteiger partial charge in [-0.05, 0) is 44.5 Å². The number of hydrazine groups is 1. The summed E-state index contributed by atoms with van der Waals surface area (Å²) in [5.74, 6) is -0.275. The molecule has 122 valence electrons. The maximum atomic E-state index is 11.8. The van der Waals surface area contributed by atoms with Gasteiger partial charge in [0.25, 0.3) is 0 Å². The number of esters is 1. The lowest BCUT2D eigenvalue weighted by molar-refractivity contribution is 0.0526. The molecule has 0 aromatic heterocycles. The van der Waals surface area contributed by atoms with Gasteiger partial charge >= 0.3 is 5.97 Å². The van der Waals surface area contributed by atoms with Crippen LogP contribution in [-0.2, 0) is 4.74 Å². The van der Waals surface area contributed by atoms with Gasteiger partial charge in [0.05, 0.1) is 17.9 Å². The summed E-state index contributed by atoms with van der Waals surface area (Å²) in [5, 5.41) is 4.18. The number of nitrogens with zero attached hydrogens (tertiary/aromatic N) is 2. The Hall–Kier alpha value is -1.81. The van der Waals surface area contributed by atoms with E-state index >= 15 is 0 Å². The van der Waals surface area contributed by atoms with E-state index in [2.05, 4.69) is 36.9 Å². The molecule has 22 heavy (non-hydrogen) atoms. The van der Waals surface area contributed by atoms with Gasteiger partial charge < -0.3 is 4.74 Å². The van der Waals surface area contributed by atoms with Gasteiger partial charge in [-0.25, -0.2) is 9.80 Å². The van der Waals surface area contributed by atoms with Crippen LogP contribution in [0, 0.1) is 6.92 Å². The van der Waals surface area contributed by atoms with Crippen molar-refractivity contribution < 1.29 is 9.53 Å². The molecule has 0 spiro atoms. The Labute approximate surface area is 134 Å². The number of hydrogen-bond donors (Lipinski definition) is 0. The molecule has 2 rings (SSSR count). The van der Waals surface area contributed by atoms with Crippen molar-refractivity contribution in [1.82, 2.24) is 5.01 Å². The molecule has 0 aliphatic carbocycles. The summed E-state index contributed by atoms with van der Waals surface area (Å²) < 4.78 is 5.04. The predicted molar refractivity (Wildman–Crippen MR) is 91.9 cm³/mol. The third-order valence-electron chi connectivity index (χ3n) is 3.40. The Kier molecular flexibility index (Phi) is 7.12. The van der Waals surface area contributed by atoms with Crippen molar-refractivity contribution in [1.29, 1.82) is 0 Å². The molecular formula is C18H28N2O2. The van der Waals surface area contributed by atoms with Gasteiger partial charge in [0, 0.05) is 19.3 Å². The highest BCUT2D eigenvalue weighted by molar-refractivity contribution is 5.91. The summed E-state index contributed by atoms with van der Waals surface area (Å²) in [6.45, 7) is 10.6. The molecule has 0 saturated heterocycles. The maximum Gasteiger partial charge on any atom is 0.338 e. The Balaban J connectivity index is 0.000000745. The highest BCUT2D eigenvalue weighted by Crippen LogP contribution is 2.27. The van der Waals surface area contributed by atoms with Crippen molar-refractivity contribution in [3.8, 4) is 0 Å². The Bertz CT molecular complexity index is 526. The van der Waals surface area contributed by atoms with Crippen LogP contribution in [0.5, 0.6) is 0 Å².